The molecule has 3 heterocycles. The molecule has 8 nitrogen and oxygen atoms in total. The maximum absolute atomic E-state index is 13.4. The summed E-state index contributed by atoms with van der Waals surface area (Å²) in [6, 6.07) is 12.0. The van der Waals surface area contributed by atoms with E-state index in [9.17, 15) is 9.59 Å². The largest absolute Gasteiger partial charge is 0.448 e. The zero-order valence-corrected chi connectivity index (χ0v) is 25.7. The number of allylic oxidation sites excluding steroid dienone is 1. The molecule has 1 aromatic heterocycles. The Balaban J connectivity index is 1.18. The third-order valence-electron chi connectivity index (χ3n) is 8.81. The van der Waals surface area contributed by atoms with Crippen LogP contribution in [-0.2, 0) is 0 Å². The number of nitrogens with one attached hydrogen (secondary N) is 1. The molecule has 9 heteroatoms. The molecule has 1 saturated carbocycles. The number of oxazole rings is 1. The van der Waals surface area contributed by atoms with Crippen LogP contribution in [0.1, 0.15) is 83.2 Å². The first-order valence-electron chi connectivity index (χ1n) is 15.5. The first-order chi connectivity index (χ1) is 20.9. The summed E-state index contributed by atoms with van der Waals surface area (Å²) in [5.74, 6) is 0.545. The number of aromatic nitrogens is 1. The predicted molar refractivity (Wildman–Crippen MR) is 172 cm³/mol. The van der Waals surface area contributed by atoms with Gasteiger partial charge in [-0.15, -0.1) is 0 Å². The Morgan fingerprint density at radius 2 is 1.79 bits per heavy atom. The Morgan fingerprint density at radius 1 is 1.05 bits per heavy atom. The van der Waals surface area contributed by atoms with E-state index in [2.05, 4.69) is 62.8 Å². The molecule has 2 aliphatic heterocycles. The fourth-order valence-corrected chi connectivity index (χ4v) is 6.39. The van der Waals surface area contributed by atoms with Gasteiger partial charge in [-0.25, -0.2) is 4.98 Å². The first kappa shape index (κ1) is 29.3. The lowest BCUT2D eigenvalue weighted by Gasteiger charge is -2.38. The van der Waals surface area contributed by atoms with Crippen molar-refractivity contribution in [1.29, 1.82) is 0 Å². The second-order valence-electron chi connectivity index (χ2n) is 11.9. The van der Waals surface area contributed by atoms with Crippen LogP contribution in [0, 0.1) is 6.92 Å². The number of likely N-dealkylation sites (tertiary alicyclic amines) is 1. The molecule has 2 aromatic carbocycles. The molecule has 0 bridgehead atoms. The maximum atomic E-state index is 13.4. The lowest BCUT2D eigenvalue weighted by molar-refractivity contribution is 0.0976. The molecule has 2 saturated heterocycles. The molecule has 6 rings (SSSR count). The number of carbonyl (C=O) groups is 2. The Labute approximate surface area is 258 Å². The highest BCUT2D eigenvalue weighted by Gasteiger charge is 2.30. The van der Waals surface area contributed by atoms with E-state index in [4.69, 9.17) is 16.0 Å². The Morgan fingerprint density at radius 3 is 2.49 bits per heavy atom. The number of anilines is 3. The van der Waals surface area contributed by atoms with Gasteiger partial charge in [-0.05, 0) is 69.2 Å². The van der Waals surface area contributed by atoms with Crippen LogP contribution in [0.4, 0.5) is 17.1 Å². The number of rotatable bonds is 11. The second-order valence-corrected chi connectivity index (χ2v) is 12.4. The van der Waals surface area contributed by atoms with Gasteiger partial charge in [-0.3, -0.25) is 9.59 Å². The molecular formula is C34H40ClN5O3. The molecule has 3 fully saturated rings. The highest BCUT2D eigenvalue weighted by Crippen LogP contribution is 2.39. The van der Waals surface area contributed by atoms with Gasteiger partial charge in [0.2, 0.25) is 0 Å². The van der Waals surface area contributed by atoms with Gasteiger partial charge in [0.1, 0.15) is 6.26 Å². The number of ketones is 1. The first-order valence-corrected chi connectivity index (χ1v) is 15.9. The van der Waals surface area contributed by atoms with Crippen molar-refractivity contribution in [1.82, 2.24) is 9.88 Å². The molecule has 226 valence electrons. The van der Waals surface area contributed by atoms with E-state index in [1.807, 2.05) is 6.07 Å². The van der Waals surface area contributed by atoms with Crippen molar-refractivity contribution in [2.75, 3.05) is 54.4 Å². The summed E-state index contributed by atoms with van der Waals surface area (Å²) in [5.41, 5.74) is 5.72. The topological polar surface area (TPSA) is 81.9 Å². The molecule has 3 aliphatic rings. The number of hydrogen-bond acceptors (Lipinski definition) is 7. The average molecular weight is 602 g/mol. The van der Waals surface area contributed by atoms with E-state index in [1.54, 1.807) is 6.07 Å². The van der Waals surface area contributed by atoms with Gasteiger partial charge < -0.3 is 24.4 Å². The van der Waals surface area contributed by atoms with Gasteiger partial charge in [0.15, 0.2) is 17.4 Å². The van der Waals surface area contributed by atoms with Crippen molar-refractivity contribution >= 4 is 40.4 Å². The summed E-state index contributed by atoms with van der Waals surface area (Å²) in [7, 11) is 0. The highest BCUT2D eigenvalue weighted by atomic mass is 35.5. The number of aryl methyl sites for hydroxylation is 1. The summed E-state index contributed by atoms with van der Waals surface area (Å²) in [4.78, 5) is 38.0. The van der Waals surface area contributed by atoms with Crippen molar-refractivity contribution in [2.24, 2.45) is 0 Å². The summed E-state index contributed by atoms with van der Waals surface area (Å²) >= 11 is 6.78. The minimum Gasteiger partial charge on any atom is -0.448 e. The lowest BCUT2D eigenvalue weighted by atomic mass is 10.0. The Bertz CT molecular complexity index is 1510. The standard InChI is InChI=1S/C34H40ClN5O3/c1-23-8-3-4-10-30(23)39-16-18-40(19-17-39)31-21-27(35)26(32(41)11-5-6-14-38-15-7-9-24(38)2)20-28(31)36-33(42)29-22-43-34(37-29)25-12-13-25/h3-4,8,10,20-22,25H,2,5-7,9,11-19H2,1H3,(H,36,42). The molecule has 3 aromatic rings. The van der Waals surface area contributed by atoms with Crippen LogP contribution in [0.2, 0.25) is 5.02 Å². The summed E-state index contributed by atoms with van der Waals surface area (Å²) in [6.07, 6.45) is 7.80. The predicted octanol–water partition coefficient (Wildman–Crippen LogP) is 7.06. The van der Waals surface area contributed by atoms with Crippen LogP contribution in [0.15, 0.2) is 59.4 Å². The zero-order valence-electron chi connectivity index (χ0n) is 24.9. The smallest absolute Gasteiger partial charge is 0.277 e. The van der Waals surface area contributed by atoms with Crippen molar-refractivity contribution in [2.45, 2.75) is 57.8 Å². The number of nitrogens with zero attached hydrogens (tertiary/aromatic N) is 4. The van der Waals surface area contributed by atoms with Crippen LogP contribution in [0.25, 0.3) is 0 Å². The number of piperazine rings is 1. The number of para-hydroxylation sites is 1. The third-order valence-corrected chi connectivity index (χ3v) is 9.13. The number of hydrogen-bond donors (Lipinski definition) is 1. The molecule has 1 N–H and O–H groups in total. The SMILES string of the molecule is C=C1CCCN1CCCCC(=O)c1cc(NC(=O)c2coc(C3CC3)n2)c(N2CCN(c3ccccc3C)CC2)cc1Cl. The maximum Gasteiger partial charge on any atom is 0.277 e. The number of Topliss-reactive ketones (excluding diaryl/α,β-unsaturated/α-hetero) is 1. The van der Waals surface area contributed by atoms with Gasteiger partial charge in [-0.2, -0.15) is 0 Å². The average Bonchev–Trinajstić information content (AvgIpc) is 3.59. The highest BCUT2D eigenvalue weighted by molar-refractivity contribution is 6.34. The number of benzene rings is 2. The summed E-state index contributed by atoms with van der Waals surface area (Å²) in [5, 5.41) is 3.44. The van der Waals surface area contributed by atoms with Crippen LogP contribution < -0.4 is 15.1 Å². The number of amides is 1. The van der Waals surface area contributed by atoms with E-state index in [0.29, 0.717) is 34.5 Å². The minimum absolute atomic E-state index is 0.0193. The van der Waals surface area contributed by atoms with Gasteiger partial charge in [-0.1, -0.05) is 36.4 Å². The van der Waals surface area contributed by atoms with Crippen LogP contribution in [0.3, 0.4) is 0 Å². The van der Waals surface area contributed by atoms with Crippen LogP contribution in [0.5, 0.6) is 0 Å². The molecule has 0 radical (unpaired) electrons. The number of halogens is 1. The molecule has 1 aliphatic carbocycles. The molecule has 1 amide bonds. The van der Waals surface area contributed by atoms with Gasteiger partial charge in [0, 0.05) is 68.6 Å². The molecule has 43 heavy (non-hydrogen) atoms. The summed E-state index contributed by atoms with van der Waals surface area (Å²) < 4.78 is 5.56. The van der Waals surface area contributed by atoms with Crippen molar-refractivity contribution < 1.29 is 14.0 Å². The third kappa shape index (κ3) is 6.74. The Kier molecular flexibility index (Phi) is 8.75. The van der Waals surface area contributed by atoms with Crippen LogP contribution >= 0.6 is 11.6 Å². The molecular weight excluding hydrogens is 562 g/mol. The van der Waals surface area contributed by atoms with Crippen LogP contribution in [-0.4, -0.2) is 60.8 Å². The number of unbranched alkanes of at least 4 members (excludes halogenated alkanes) is 1. The lowest BCUT2D eigenvalue weighted by Crippen LogP contribution is -2.47. The minimum atomic E-state index is -0.359. The monoisotopic (exact) mass is 601 g/mol. The number of carbonyl (C=O) groups excluding carboxylic acids is 2. The quantitative estimate of drug-likeness (QED) is 0.186. The zero-order chi connectivity index (χ0) is 29.9. The van der Waals surface area contributed by atoms with E-state index in [-0.39, 0.29) is 17.4 Å². The fraction of sp³-hybridized carbons (Fsp3) is 0.441. The van der Waals surface area contributed by atoms with E-state index >= 15 is 0 Å². The van der Waals surface area contributed by atoms with E-state index in [1.165, 1.54) is 23.2 Å². The van der Waals surface area contributed by atoms with Crippen molar-refractivity contribution in [3.8, 4) is 0 Å². The van der Waals surface area contributed by atoms with Crippen molar-refractivity contribution in [3.05, 3.63) is 82.7 Å². The van der Waals surface area contributed by atoms with E-state index in [0.717, 1.165) is 83.5 Å². The Hall–Kier alpha value is -3.78. The summed E-state index contributed by atoms with van der Waals surface area (Å²) in [6.45, 7) is 11.4. The van der Waals surface area contributed by atoms with Crippen molar-refractivity contribution in [3.63, 3.8) is 0 Å². The van der Waals surface area contributed by atoms with Gasteiger partial charge in [0.25, 0.3) is 5.91 Å². The normalized spacial score (nSPS) is 17.1. The molecule has 0 atom stereocenters. The molecule has 0 spiro atoms. The second kappa shape index (κ2) is 12.8. The fourth-order valence-electron chi connectivity index (χ4n) is 6.12. The van der Waals surface area contributed by atoms with E-state index < -0.39 is 0 Å². The van der Waals surface area contributed by atoms with Gasteiger partial charge in [0.05, 0.1) is 16.4 Å². The molecule has 0 unspecified atom stereocenters. The van der Waals surface area contributed by atoms with Gasteiger partial charge >= 0.3 is 0 Å².